The molecule has 2 aromatic carbocycles. The quantitative estimate of drug-likeness (QED) is 0.722. The zero-order chi connectivity index (χ0) is 14.1. The van der Waals surface area contributed by atoms with Crippen molar-refractivity contribution in [2.75, 3.05) is 20.2 Å². The monoisotopic (exact) mass is 266 g/mol. The van der Waals surface area contributed by atoms with Crippen LogP contribution in [0.3, 0.4) is 0 Å². The average molecular weight is 266 g/mol. The Morgan fingerprint density at radius 1 is 1.05 bits per heavy atom. The van der Waals surface area contributed by atoms with E-state index in [0.717, 1.165) is 18.9 Å². The van der Waals surface area contributed by atoms with Crippen LogP contribution >= 0.6 is 0 Å². The summed E-state index contributed by atoms with van der Waals surface area (Å²) in [5.74, 6) is 1.01. The van der Waals surface area contributed by atoms with Crippen LogP contribution in [-0.2, 0) is 0 Å². The number of hydrogen-bond acceptors (Lipinski definition) is 1. The van der Waals surface area contributed by atoms with Gasteiger partial charge >= 0.3 is 0 Å². The minimum absolute atomic E-state index is 0.725. The molecule has 0 bridgehead atoms. The van der Waals surface area contributed by atoms with Gasteiger partial charge in [-0.15, -0.1) is 0 Å². The predicted octanol–water partition coefficient (Wildman–Crippen LogP) is 3.18. The first-order chi connectivity index (χ1) is 9.66. The zero-order valence-corrected chi connectivity index (χ0v) is 12.3. The van der Waals surface area contributed by atoms with Crippen LogP contribution in [-0.4, -0.2) is 30.5 Å². The van der Waals surface area contributed by atoms with Crippen molar-refractivity contribution in [2.45, 2.75) is 13.8 Å². The standard InChI is InChI=1S/C18H20NO/c1-13-11-14(2)17-16(12-13)20-10-9-19(3)18(17)15-7-5-4-6-8-15/h4-8,11-12H,9-10H2,1-3H3/q+1. The van der Waals surface area contributed by atoms with Crippen LogP contribution in [0, 0.1) is 13.8 Å². The Morgan fingerprint density at radius 2 is 1.80 bits per heavy atom. The molecule has 0 unspecified atom stereocenters. The molecule has 1 aliphatic rings. The van der Waals surface area contributed by atoms with E-state index in [0.29, 0.717) is 0 Å². The molecule has 2 aromatic rings. The third-order valence-electron chi connectivity index (χ3n) is 3.79. The number of benzene rings is 2. The maximum absolute atomic E-state index is 5.97. The number of fused-ring (bicyclic) bond motifs is 1. The molecule has 0 amide bonds. The molecule has 3 rings (SSSR count). The van der Waals surface area contributed by atoms with Crippen LogP contribution in [0.5, 0.6) is 5.75 Å². The molecule has 2 heteroatoms. The molecule has 0 spiro atoms. The fourth-order valence-electron chi connectivity index (χ4n) is 2.90. The summed E-state index contributed by atoms with van der Waals surface area (Å²) in [6.07, 6.45) is 0. The summed E-state index contributed by atoms with van der Waals surface area (Å²) in [4.78, 5) is 0. The van der Waals surface area contributed by atoms with Gasteiger partial charge in [-0.1, -0.05) is 24.3 Å². The third kappa shape index (κ3) is 2.22. The number of likely N-dealkylation sites (N-methyl/N-ethyl adjacent to an activating group) is 1. The Morgan fingerprint density at radius 3 is 2.55 bits per heavy atom. The molecule has 0 aliphatic carbocycles. The molecule has 0 aromatic heterocycles. The second-order valence-corrected chi connectivity index (χ2v) is 5.44. The smallest absolute Gasteiger partial charge is 0.218 e. The minimum Gasteiger partial charge on any atom is -0.486 e. The van der Waals surface area contributed by atoms with Crippen LogP contribution in [0.15, 0.2) is 42.5 Å². The first-order valence-corrected chi connectivity index (χ1v) is 7.05. The van der Waals surface area contributed by atoms with Gasteiger partial charge < -0.3 is 4.74 Å². The van der Waals surface area contributed by atoms with Crippen LogP contribution in [0.4, 0.5) is 0 Å². The van der Waals surface area contributed by atoms with Crippen molar-refractivity contribution in [3.05, 3.63) is 64.7 Å². The summed E-state index contributed by atoms with van der Waals surface area (Å²) in [5, 5.41) is 0. The van der Waals surface area contributed by atoms with Crippen molar-refractivity contribution < 1.29 is 9.31 Å². The van der Waals surface area contributed by atoms with Crippen molar-refractivity contribution in [1.82, 2.24) is 0 Å². The van der Waals surface area contributed by atoms with Crippen molar-refractivity contribution in [3.63, 3.8) is 0 Å². The highest BCUT2D eigenvalue weighted by atomic mass is 16.5. The van der Waals surface area contributed by atoms with E-state index in [-0.39, 0.29) is 0 Å². The van der Waals surface area contributed by atoms with Crippen LogP contribution < -0.4 is 4.74 Å². The Labute approximate surface area is 120 Å². The zero-order valence-electron chi connectivity index (χ0n) is 12.3. The Kier molecular flexibility index (Phi) is 3.31. The second-order valence-electron chi connectivity index (χ2n) is 5.44. The number of ether oxygens (including phenoxy) is 1. The van der Waals surface area contributed by atoms with Crippen LogP contribution in [0.2, 0.25) is 0 Å². The molecular weight excluding hydrogens is 246 g/mol. The minimum atomic E-state index is 0.725. The summed E-state index contributed by atoms with van der Waals surface area (Å²) in [5.41, 5.74) is 6.25. The average Bonchev–Trinajstić information content (AvgIpc) is 2.58. The fourth-order valence-corrected chi connectivity index (χ4v) is 2.90. The van der Waals surface area contributed by atoms with Gasteiger partial charge in [0.25, 0.3) is 0 Å². The Hall–Kier alpha value is -2.09. The van der Waals surface area contributed by atoms with Gasteiger partial charge in [-0.3, -0.25) is 0 Å². The van der Waals surface area contributed by atoms with E-state index in [9.17, 15) is 0 Å². The lowest BCUT2D eigenvalue weighted by Gasteiger charge is -2.11. The van der Waals surface area contributed by atoms with Crippen LogP contribution in [0.25, 0.3) is 0 Å². The molecule has 0 atom stereocenters. The van der Waals surface area contributed by atoms with E-state index in [1.54, 1.807) is 0 Å². The van der Waals surface area contributed by atoms with Gasteiger partial charge in [0.1, 0.15) is 19.4 Å². The lowest BCUT2D eigenvalue weighted by Crippen LogP contribution is -2.21. The van der Waals surface area contributed by atoms with Gasteiger partial charge in [0, 0.05) is 5.56 Å². The highest BCUT2D eigenvalue weighted by Crippen LogP contribution is 2.28. The Balaban J connectivity index is 2.28. The first-order valence-electron chi connectivity index (χ1n) is 7.05. The predicted molar refractivity (Wildman–Crippen MR) is 82.1 cm³/mol. The highest BCUT2D eigenvalue weighted by molar-refractivity contribution is 6.12. The number of aryl methyl sites for hydroxylation is 2. The van der Waals surface area contributed by atoms with Crippen molar-refractivity contribution in [2.24, 2.45) is 0 Å². The van der Waals surface area contributed by atoms with E-state index < -0.39 is 0 Å². The molecule has 0 fully saturated rings. The number of rotatable bonds is 1. The number of nitrogens with zero attached hydrogens (tertiary/aromatic N) is 1. The molecule has 102 valence electrons. The molecule has 0 saturated carbocycles. The van der Waals surface area contributed by atoms with Gasteiger partial charge in [-0.25, -0.2) is 4.58 Å². The van der Waals surface area contributed by atoms with Crippen molar-refractivity contribution in [3.8, 4) is 5.75 Å². The van der Waals surface area contributed by atoms with E-state index >= 15 is 0 Å². The summed E-state index contributed by atoms with van der Waals surface area (Å²) < 4.78 is 8.26. The van der Waals surface area contributed by atoms with E-state index in [1.165, 1.54) is 28.0 Å². The topological polar surface area (TPSA) is 12.2 Å². The normalized spacial score (nSPS) is 14.6. The fraction of sp³-hybridized carbons (Fsp3) is 0.278. The molecule has 0 radical (unpaired) electrons. The summed E-state index contributed by atoms with van der Waals surface area (Å²) in [6.45, 7) is 5.91. The summed E-state index contributed by atoms with van der Waals surface area (Å²) >= 11 is 0. The molecule has 1 heterocycles. The van der Waals surface area contributed by atoms with Gasteiger partial charge in [0.05, 0.1) is 5.56 Å². The maximum atomic E-state index is 5.97. The molecular formula is C18H20NO+. The highest BCUT2D eigenvalue weighted by Gasteiger charge is 2.26. The van der Waals surface area contributed by atoms with Gasteiger partial charge in [-0.2, -0.15) is 0 Å². The first kappa shape index (κ1) is 12.9. The summed E-state index contributed by atoms with van der Waals surface area (Å²) in [7, 11) is 2.14. The Bertz CT molecular complexity index is 671. The van der Waals surface area contributed by atoms with Gasteiger partial charge in [0.15, 0.2) is 6.54 Å². The maximum Gasteiger partial charge on any atom is 0.218 e. The van der Waals surface area contributed by atoms with Crippen molar-refractivity contribution >= 4 is 5.71 Å². The SMILES string of the molecule is Cc1cc(C)c2c(c1)OCC[N+](C)=C2c1ccccc1. The van der Waals surface area contributed by atoms with Crippen molar-refractivity contribution in [1.29, 1.82) is 0 Å². The number of hydrogen-bond donors (Lipinski definition) is 0. The largest absolute Gasteiger partial charge is 0.486 e. The van der Waals surface area contributed by atoms with E-state index in [4.69, 9.17) is 4.74 Å². The van der Waals surface area contributed by atoms with E-state index in [1.807, 2.05) is 0 Å². The second kappa shape index (κ2) is 5.12. The molecule has 20 heavy (non-hydrogen) atoms. The van der Waals surface area contributed by atoms with Gasteiger partial charge in [0.2, 0.25) is 5.71 Å². The third-order valence-corrected chi connectivity index (χ3v) is 3.79. The lowest BCUT2D eigenvalue weighted by atomic mass is 9.95. The lowest BCUT2D eigenvalue weighted by molar-refractivity contribution is -0.496. The molecule has 1 aliphatic heterocycles. The molecule has 0 N–H and O–H groups in total. The van der Waals surface area contributed by atoms with E-state index in [2.05, 4.69) is 67.9 Å². The summed E-state index contributed by atoms with van der Waals surface area (Å²) in [6, 6.07) is 14.9. The van der Waals surface area contributed by atoms with Crippen LogP contribution in [0.1, 0.15) is 22.3 Å². The molecule has 2 nitrogen and oxygen atoms in total. The molecule has 0 saturated heterocycles. The van der Waals surface area contributed by atoms with Gasteiger partial charge in [-0.05, 0) is 43.2 Å².